The summed E-state index contributed by atoms with van der Waals surface area (Å²) >= 11 is 0. The van der Waals surface area contributed by atoms with Crippen LogP contribution in [0.2, 0.25) is 0 Å². The molecule has 1 aromatic carbocycles. The van der Waals surface area contributed by atoms with Gasteiger partial charge in [0.2, 0.25) is 5.91 Å². The second-order valence-electron chi connectivity index (χ2n) is 7.06. The van der Waals surface area contributed by atoms with Crippen LogP contribution in [0.4, 0.5) is 14.9 Å². The summed E-state index contributed by atoms with van der Waals surface area (Å²) in [6.07, 6.45) is 4.30. The van der Waals surface area contributed by atoms with Gasteiger partial charge in [-0.3, -0.25) is 4.79 Å². The van der Waals surface area contributed by atoms with Crippen molar-refractivity contribution >= 4 is 17.6 Å². The molecule has 6 heteroatoms. The summed E-state index contributed by atoms with van der Waals surface area (Å²) in [4.78, 5) is 26.6. The fraction of sp³-hybridized carbons (Fsp3) is 0.600. The van der Waals surface area contributed by atoms with Gasteiger partial charge in [-0.15, -0.1) is 0 Å². The average Bonchev–Trinajstić information content (AvgIpc) is 2.63. The molecule has 1 atom stereocenters. The van der Waals surface area contributed by atoms with Crippen molar-refractivity contribution in [2.45, 2.75) is 58.9 Å². The molecule has 26 heavy (non-hydrogen) atoms. The first-order chi connectivity index (χ1) is 12.4. The summed E-state index contributed by atoms with van der Waals surface area (Å²) in [7, 11) is 0. The molecule has 1 unspecified atom stereocenters. The van der Waals surface area contributed by atoms with Crippen LogP contribution in [0.1, 0.15) is 51.5 Å². The fourth-order valence-electron chi connectivity index (χ4n) is 3.38. The summed E-state index contributed by atoms with van der Waals surface area (Å²) in [5, 5.41) is 5.58. The Morgan fingerprint density at radius 1 is 1.27 bits per heavy atom. The lowest BCUT2D eigenvalue weighted by Crippen LogP contribution is -2.48. The van der Waals surface area contributed by atoms with Crippen molar-refractivity contribution in [2.24, 2.45) is 5.92 Å². The van der Waals surface area contributed by atoms with E-state index in [4.69, 9.17) is 0 Å². The van der Waals surface area contributed by atoms with E-state index >= 15 is 0 Å². The van der Waals surface area contributed by atoms with E-state index in [1.807, 2.05) is 4.90 Å². The number of carbonyl (C=O) groups excluding carboxylic acids is 2. The summed E-state index contributed by atoms with van der Waals surface area (Å²) in [6, 6.07) is 4.32. The van der Waals surface area contributed by atoms with Crippen molar-refractivity contribution in [1.29, 1.82) is 0 Å². The van der Waals surface area contributed by atoms with Gasteiger partial charge in [-0.05, 0) is 50.3 Å². The molecule has 1 aliphatic rings. The first-order valence-electron chi connectivity index (χ1n) is 9.57. The minimum absolute atomic E-state index is 0.0283. The zero-order valence-electron chi connectivity index (χ0n) is 16.0. The van der Waals surface area contributed by atoms with Crippen LogP contribution < -0.4 is 10.6 Å². The second-order valence-corrected chi connectivity index (χ2v) is 7.06. The predicted molar refractivity (Wildman–Crippen MR) is 102 cm³/mol. The van der Waals surface area contributed by atoms with E-state index in [1.165, 1.54) is 6.07 Å². The monoisotopic (exact) mass is 363 g/mol. The molecule has 0 bridgehead atoms. The minimum Gasteiger partial charge on any atom is -0.342 e. The second kappa shape index (κ2) is 9.55. The van der Waals surface area contributed by atoms with Gasteiger partial charge >= 0.3 is 6.03 Å². The summed E-state index contributed by atoms with van der Waals surface area (Å²) < 4.78 is 13.5. The molecule has 0 aromatic heterocycles. The quantitative estimate of drug-likeness (QED) is 0.800. The van der Waals surface area contributed by atoms with Gasteiger partial charge in [0, 0.05) is 30.7 Å². The maximum atomic E-state index is 13.5. The number of amides is 3. The molecule has 5 nitrogen and oxygen atoms in total. The molecule has 3 amide bonds. The van der Waals surface area contributed by atoms with E-state index in [0.717, 1.165) is 32.1 Å². The van der Waals surface area contributed by atoms with Crippen LogP contribution in [0.3, 0.4) is 0 Å². The maximum Gasteiger partial charge on any atom is 0.319 e. The number of hydrogen-bond acceptors (Lipinski definition) is 2. The molecule has 1 aliphatic heterocycles. The van der Waals surface area contributed by atoms with Crippen molar-refractivity contribution in [3.05, 3.63) is 29.6 Å². The molecule has 2 N–H and O–H groups in total. The highest BCUT2D eigenvalue weighted by Crippen LogP contribution is 2.19. The Hall–Kier alpha value is -2.11. The number of nitrogens with zero attached hydrogens (tertiary/aromatic N) is 1. The van der Waals surface area contributed by atoms with E-state index in [2.05, 4.69) is 24.5 Å². The highest BCUT2D eigenvalue weighted by Gasteiger charge is 2.27. The Morgan fingerprint density at radius 3 is 2.54 bits per heavy atom. The third-order valence-electron chi connectivity index (χ3n) is 5.05. The minimum atomic E-state index is -0.341. The largest absolute Gasteiger partial charge is 0.342 e. The highest BCUT2D eigenvalue weighted by atomic mass is 19.1. The molecule has 0 saturated carbocycles. The predicted octanol–water partition coefficient (Wildman–Crippen LogP) is 4.07. The summed E-state index contributed by atoms with van der Waals surface area (Å²) in [5.41, 5.74) is 0.977. The van der Waals surface area contributed by atoms with E-state index in [1.54, 1.807) is 19.1 Å². The Balaban J connectivity index is 1.79. The standard InChI is InChI=1S/C20H30FN3O2/c1-4-6-15(5-2)19(25)24-11-9-16(10-12-24)22-20(26)23-17-8-7-14(3)18(21)13-17/h7-8,13,15-16H,4-6,9-12H2,1-3H3,(H2,22,23,26). The van der Waals surface area contributed by atoms with Gasteiger partial charge in [0.05, 0.1) is 0 Å². The van der Waals surface area contributed by atoms with Gasteiger partial charge in [-0.25, -0.2) is 9.18 Å². The molecule has 0 radical (unpaired) electrons. The number of hydrogen-bond donors (Lipinski definition) is 2. The van der Waals surface area contributed by atoms with Gasteiger partial charge in [0.15, 0.2) is 0 Å². The van der Waals surface area contributed by atoms with Crippen LogP contribution in [-0.4, -0.2) is 36.0 Å². The number of aryl methyl sites for hydroxylation is 1. The third-order valence-corrected chi connectivity index (χ3v) is 5.05. The SMILES string of the molecule is CCCC(CC)C(=O)N1CCC(NC(=O)Nc2ccc(C)c(F)c2)CC1. The topological polar surface area (TPSA) is 61.4 Å². The van der Waals surface area contributed by atoms with Crippen LogP contribution in [-0.2, 0) is 4.79 Å². The molecule has 144 valence electrons. The third kappa shape index (κ3) is 5.44. The van der Waals surface area contributed by atoms with Gasteiger partial charge in [-0.1, -0.05) is 26.3 Å². The number of benzene rings is 1. The van der Waals surface area contributed by atoms with Crippen molar-refractivity contribution in [3.8, 4) is 0 Å². The number of likely N-dealkylation sites (tertiary alicyclic amines) is 1. The lowest BCUT2D eigenvalue weighted by atomic mass is 9.97. The molecule has 1 fully saturated rings. The summed E-state index contributed by atoms with van der Waals surface area (Å²) in [5.74, 6) is 0.0174. The Bertz CT molecular complexity index is 627. The Labute approximate surface area is 155 Å². The Morgan fingerprint density at radius 2 is 1.96 bits per heavy atom. The molecule has 0 spiro atoms. The van der Waals surface area contributed by atoms with E-state index in [9.17, 15) is 14.0 Å². The first kappa shape index (κ1) is 20.2. The molecule has 2 rings (SSSR count). The first-order valence-corrected chi connectivity index (χ1v) is 9.57. The normalized spacial score (nSPS) is 16.2. The highest BCUT2D eigenvalue weighted by molar-refractivity contribution is 5.89. The number of anilines is 1. The van der Waals surface area contributed by atoms with Gasteiger partial charge in [0.1, 0.15) is 5.82 Å². The molecule has 1 heterocycles. The maximum absolute atomic E-state index is 13.5. The number of nitrogens with one attached hydrogen (secondary N) is 2. The van der Waals surface area contributed by atoms with E-state index < -0.39 is 0 Å². The molecule has 1 aromatic rings. The van der Waals surface area contributed by atoms with Crippen LogP contribution in [0.5, 0.6) is 0 Å². The smallest absolute Gasteiger partial charge is 0.319 e. The van der Waals surface area contributed by atoms with Crippen molar-refractivity contribution in [2.75, 3.05) is 18.4 Å². The van der Waals surface area contributed by atoms with E-state index in [0.29, 0.717) is 24.3 Å². The molecular formula is C20H30FN3O2. The zero-order chi connectivity index (χ0) is 19.1. The lowest BCUT2D eigenvalue weighted by molar-refractivity contribution is -0.137. The number of halogens is 1. The molecular weight excluding hydrogens is 333 g/mol. The van der Waals surface area contributed by atoms with Crippen molar-refractivity contribution in [3.63, 3.8) is 0 Å². The van der Waals surface area contributed by atoms with Crippen molar-refractivity contribution < 1.29 is 14.0 Å². The van der Waals surface area contributed by atoms with Gasteiger partial charge in [0.25, 0.3) is 0 Å². The van der Waals surface area contributed by atoms with Crippen molar-refractivity contribution in [1.82, 2.24) is 10.2 Å². The fourth-order valence-corrected chi connectivity index (χ4v) is 3.38. The van der Waals surface area contributed by atoms with Crippen LogP contribution in [0, 0.1) is 18.7 Å². The number of rotatable bonds is 6. The molecule has 1 saturated heterocycles. The average molecular weight is 363 g/mol. The number of piperidine rings is 1. The van der Waals surface area contributed by atoms with Gasteiger partial charge in [-0.2, -0.15) is 0 Å². The van der Waals surface area contributed by atoms with Gasteiger partial charge < -0.3 is 15.5 Å². The zero-order valence-corrected chi connectivity index (χ0v) is 16.0. The van der Waals surface area contributed by atoms with Crippen LogP contribution >= 0.6 is 0 Å². The summed E-state index contributed by atoms with van der Waals surface area (Å²) in [6.45, 7) is 7.18. The van der Waals surface area contributed by atoms with Crippen LogP contribution in [0.25, 0.3) is 0 Å². The number of carbonyl (C=O) groups is 2. The number of urea groups is 1. The lowest BCUT2D eigenvalue weighted by Gasteiger charge is -2.34. The molecule has 0 aliphatic carbocycles. The Kier molecular flexibility index (Phi) is 7.42. The van der Waals surface area contributed by atoms with E-state index in [-0.39, 0.29) is 29.7 Å². The van der Waals surface area contributed by atoms with Crippen LogP contribution in [0.15, 0.2) is 18.2 Å².